The molecule has 1 aromatic carbocycles. The first-order valence-corrected chi connectivity index (χ1v) is 8.83. The molecule has 0 saturated carbocycles. The number of ether oxygens (including phenoxy) is 1. The second-order valence-electron chi connectivity index (χ2n) is 5.92. The normalized spacial score (nSPS) is 25.5. The van der Waals surface area contributed by atoms with Crippen LogP contribution < -0.4 is 15.4 Å². The van der Waals surface area contributed by atoms with Crippen molar-refractivity contribution in [1.82, 2.24) is 15.6 Å². The highest BCUT2D eigenvalue weighted by molar-refractivity contribution is 7.17. The second kappa shape index (κ2) is 6.11. The maximum atomic E-state index is 12.3. The number of thiazole rings is 1. The molecular weight excluding hydrogens is 334 g/mol. The molecule has 5 nitrogen and oxygen atoms in total. The molecule has 1 aromatic heterocycles. The number of benzene rings is 1. The molecule has 3 atom stereocenters. The van der Waals surface area contributed by atoms with E-state index in [-0.39, 0.29) is 11.9 Å². The number of fused-ring (bicyclic) bond motifs is 2. The molecule has 7 heteroatoms. The SMILES string of the molecule is O=C(N[C@@H]1C[C@H]2CC[C@@H]1N2)c1ccc(Oc2ncc(Cl)s2)cc1. The van der Waals surface area contributed by atoms with E-state index in [2.05, 4.69) is 15.6 Å². The van der Waals surface area contributed by atoms with Crippen molar-refractivity contribution in [2.24, 2.45) is 0 Å². The Balaban J connectivity index is 1.38. The van der Waals surface area contributed by atoms with Crippen LogP contribution in [0.15, 0.2) is 30.5 Å². The maximum absolute atomic E-state index is 12.3. The summed E-state index contributed by atoms with van der Waals surface area (Å²) in [4.78, 5) is 16.4. The average molecular weight is 350 g/mol. The lowest BCUT2D eigenvalue weighted by atomic mass is 9.95. The number of rotatable bonds is 4. The third kappa shape index (κ3) is 3.20. The van der Waals surface area contributed by atoms with Crippen LogP contribution in [-0.4, -0.2) is 29.0 Å². The molecule has 3 heterocycles. The predicted octanol–water partition coefficient (Wildman–Crippen LogP) is 3.21. The third-order valence-electron chi connectivity index (χ3n) is 4.39. The van der Waals surface area contributed by atoms with E-state index in [0.717, 1.165) is 12.8 Å². The summed E-state index contributed by atoms with van der Waals surface area (Å²) in [7, 11) is 0. The van der Waals surface area contributed by atoms with E-state index < -0.39 is 0 Å². The van der Waals surface area contributed by atoms with Crippen LogP contribution in [0.25, 0.3) is 0 Å². The number of carbonyl (C=O) groups is 1. The zero-order valence-electron chi connectivity index (χ0n) is 12.3. The van der Waals surface area contributed by atoms with Crippen LogP contribution in [-0.2, 0) is 0 Å². The van der Waals surface area contributed by atoms with Crippen molar-refractivity contribution in [3.05, 3.63) is 40.4 Å². The summed E-state index contributed by atoms with van der Waals surface area (Å²) in [5.41, 5.74) is 0.636. The molecule has 0 unspecified atom stereocenters. The Morgan fingerprint density at radius 3 is 2.78 bits per heavy atom. The number of hydrogen-bond acceptors (Lipinski definition) is 5. The summed E-state index contributed by atoms with van der Waals surface area (Å²) in [6, 6.07) is 8.31. The standard InChI is InChI=1S/C16H16ClN3O2S/c17-14-8-18-16(23-14)22-11-4-1-9(2-5-11)15(21)20-13-7-10-3-6-12(13)19-10/h1-2,4-5,8,10,12-13,19H,3,6-7H2,(H,20,21)/t10-,12+,13-/m1/s1. The fourth-order valence-electron chi connectivity index (χ4n) is 3.30. The predicted molar refractivity (Wildman–Crippen MR) is 89.5 cm³/mol. The lowest BCUT2D eigenvalue weighted by Gasteiger charge is -2.21. The summed E-state index contributed by atoms with van der Waals surface area (Å²) in [6.45, 7) is 0. The molecule has 120 valence electrons. The molecule has 23 heavy (non-hydrogen) atoms. The van der Waals surface area contributed by atoms with E-state index in [1.807, 2.05) is 0 Å². The Labute approximate surface area is 143 Å². The van der Waals surface area contributed by atoms with Crippen molar-refractivity contribution in [3.8, 4) is 10.9 Å². The fraction of sp³-hybridized carbons (Fsp3) is 0.375. The summed E-state index contributed by atoms with van der Waals surface area (Å²) >= 11 is 7.09. The largest absolute Gasteiger partial charge is 0.431 e. The first kappa shape index (κ1) is 14.9. The Hall–Kier alpha value is -1.63. The van der Waals surface area contributed by atoms with E-state index in [0.29, 0.717) is 32.9 Å². The molecule has 2 saturated heterocycles. The Kier molecular flexibility index (Phi) is 3.97. The number of halogens is 1. The van der Waals surface area contributed by atoms with Gasteiger partial charge in [0, 0.05) is 23.7 Å². The van der Waals surface area contributed by atoms with Crippen molar-refractivity contribution in [1.29, 1.82) is 0 Å². The molecule has 2 bridgehead atoms. The smallest absolute Gasteiger partial charge is 0.280 e. The second-order valence-corrected chi connectivity index (χ2v) is 7.54. The molecule has 0 spiro atoms. The topological polar surface area (TPSA) is 63.2 Å². The third-order valence-corrected chi connectivity index (χ3v) is 5.39. The Bertz CT molecular complexity index is 718. The van der Waals surface area contributed by atoms with Gasteiger partial charge in [-0.1, -0.05) is 22.9 Å². The minimum atomic E-state index is -0.0341. The highest BCUT2D eigenvalue weighted by Gasteiger charge is 2.39. The molecule has 2 aliphatic rings. The van der Waals surface area contributed by atoms with Gasteiger partial charge in [0.05, 0.1) is 6.20 Å². The Morgan fingerprint density at radius 2 is 2.17 bits per heavy atom. The quantitative estimate of drug-likeness (QED) is 0.889. The van der Waals surface area contributed by atoms with Crippen molar-refractivity contribution in [3.63, 3.8) is 0 Å². The van der Waals surface area contributed by atoms with E-state index in [1.165, 1.54) is 17.8 Å². The van der Waals surface area contributed by atoms with Gasteiger partial charge in [-0.25, -0.2) is 4.98 Å². The van der Waals surface area contributed by atoms with E-state index in [9.17, 15) is 4.79 Å². The number of aromatic nitrogens is 1. The summed E-state index contributed by atoms with van der Waals surface area (Å²) in [6.07, 6.45) is 4.96. The molecular formula is C16H16ClN3O2S. The van der Waals surface area contributed by atoms with Crippen LogP contribution in [0.3, 0.4) is 0 Å². The number of amides is 1. The van der Waals surface area contributed by atoms with Gasteiger partial charge in [0.1, 0.15) is 10.1 Å². The summed E-state index contributed by atoms with van der Waals surface area (Å²) < 4.78 is 6.17. The number of nitrogens with one attached hydrogen (secondary N) is 2. The van der Waals surface area contributed by atoms with Gasteiger partial charge < -0.3 is 15.4 Å². The molecule has 0 radical (unpaired) electrons. The van der Waals surface area contributed by atoms with Crippen LogP contribution in [0, 0.1) is 0 Å². The lowest BCUT2D eigenvalue weighted by Crippen LogP contribution is -2.42. The van der Waals surface area contributed by atoms with Crippen LogP contribution >= 0.6 is 22.9 Å². The zero-order valence-corrected chi connectivity index (χ0v) is 13.9. The minimum Gasteiger partial charge on any atom is -0.431 e. The number of nitrogens with zero attached hydrogens (tertiary/aromatic N) is 1. The van der Waals surface area contributed by atoms with Gasteiger partial charge >= 0.3 is 0 Å². The maximum Gasteiger partial charge on any atom is 0.280 e. The van der Waals surface area contributed by atoms with Gasteiger partial charge in [-0.3, -0.25) is 4.79 Å². The van der Waals surface area contributed by atoms with Crippen LogP contribution in [0.1, 0.15) is 29.6 Å². The van der Waals surface area contributed by atoms with Gasteiger partial charge in [-0.2, -0.15) is 0 Å². The molecule has 0 aliphatic carbocycles. The molecule has 2 aromatic rings. The van der Waals surface area contributed by atoms with Crippen LogP contribution in [0.4, 0.5) is 0 Å². The fourth-order valence-corrected chi connectivity index (χ4v) is 4.06. The lowest BCUT2D eigenvalue weighted by molar-refractivity contribution is 0.0931. The van der Waals surface area contributed by atoms with E-state index >= 15 is 0 Å². The summed E-state index contributed by atoms with van der Waals surface area (Å²) in [5, 5.41) is 7.14. The molecule has 2 N–H and O–H groups in total. The van der Waals surface area contributed by atoms with E-state index in [1.54, 1.807) is 30.5 Å². The monoisotopic (exact) mass is 349 g/mol. The van der Waals surface area contributed by atoms with Crippen molar-refractivity contribution in [2.75, 3.05) is 0 Å². The van der Waals surface area contributed by atoms with Gasteiger partial charge in [0.25, 0.3) is 11.1 Å². The first-order valence-electron chi connectivity index (χ1n) is 7.63. The first-order chi connectivity index (χ1) is 11.2. The molecule has 2 fully saturated rings. The number of carbonyl (C=O) groups excluding carboxylic acids is 1. The highest BCUT2D eigenvalue weighted by atomic mass is 35.5. The average Bonchev–Trinajstić information content (AvgIpc) is 3.25. The highest BCUT2D eigenvalue weighted by Crippen LogP contribution is 2.30. The Morgan fingerprint density at radius 1 is 1.35 bits per heavy atom. The van der Waals surface area contributed by atoms with E-state index in [4.69, 9.17) is 16.3 Å². The van der Waals surface area contributed by atoms with Gasteiger partial charge in [0.15, 0.2) is 0 Å². The van der Waals surface area contributed by atoms with Gasteiger partial charge in [-0.05, 0) is 43.5 Å². The zero-order chi connectivity index (χ0) is 15.8. The van der Waals surface area contributed by atoms with Crippen molar-refractivity contribution >= 4 is 28.8 Å². The van der Waals surface area contributed by atoms with Crippen LogP contribution in [0.2, 0.25) is 4.34 Å². The number of hydrogen-bond donors (Lipinski definition) is 2. The molecule has 4 rings (SSSR count). The van der Waals surface area contributed by atoms with Gasteiger partial charge in [0.2, 0.25) is 0 Å². The van der Waals surface area contributed by atoms with Crippen molar-refractivity contribution in [2.45, 2.75) is 37.4 Å². The van der Waals surface area contributed by atoms with Crippen LogP contribution in [0.5, 0.6) is 10.9 Å². The summed E-state index contributed by atoms with van der Waals surface area (Å²) in [5.74, 6) is 0.599. The minimum absolute atomic E-state index is 0.0341. The van der Waals surface area contributed by atoms with Crippen molar-refractivity contribution < 1.29 is 9.53 Å². The van der Waals surface area contributed by atoms with Gasteiger partial charge in [-0.15, -0.1) is 0 Å². The molecule has 2 aliphatic heterocycles. The molecule has 1 amide bonds.